The fraction of sp³-hybridized carbons (Fsp3) is 0.714. The summed E-state index contributed by atoms with van der Waals surface area (Å²) in [4.78, 5) is 12.1. The molecule has 0 spiro atoms. The number of halogens is 1. The van der Waals surface area contributed by atoms with Gasteiger partial charge in [-0.15, -0.1) is 0 Å². The van der Waals surface area contributed by atoms with Gasteiger partial charge in [-0.05, 0) is 53.7 Å². The molecule has 1 unspecified atom stereocenters. The lowest BCUT2D eigenvalue weighted by Gasteiger charge is -2.13. The van der Waals surface area contributed by atoms with Crippen molar-refractivity contribution in [3.8, 4) is 0 Å². The van der Waals surface area contributed by atoms with Crippen LogP contribution in [0.2, 0.25) is 0 Å². The topological polar surface area (TPSA) is 59.0 Å². The van der Waals surface area contributed by atoms with Crippen molar-refractivity contribution in [1.82, 2.24) is 15.1 Å². The Bertz CT molecular complexity index is 494. The van der Waals surface area contributed by atoms with E-state index in [0.717, 1.165) is 37.7 Å². The average Bonchev–Trinajstić information content (AvgIpc) is 2.90. The van der Waals surface area contributed by atoms with E-state index in [0.29, 0.717) is 16.9 Å². The van der Waals surface area contributed by atoms with Crippen LogP contribution in [-0.4, -0.2) is 29.4 Å². The van der Waals surface area contributed by atoms with Gasteiger partial charge in [0.15, 0.2) is 0 Å². The third-order valence-corrected chi connectivity index (χ3v) is 4.32. The molecule has 0 saturated carbocycles. The van der Waals surface area contributed by atoms with Crippen LogP contribution in [0.1, 0.15) is 26.7 Å². The van der Waals surface area contributed by atoms with Crippen LogP contribution >= 0.6 is 15.9 Å². The Labute approximate surface area is 128 Å². The van der Waals surface area contributed by atoms with Crippen molar-refractivity contribution in [2.45, 2.75) is 33.2 Å². The van der Waals surface area contributed by atoms with Crippen LogP contribution in [-0.2, 0) is 6.54 Å². The molecule has 2 rings (SSSR count). The Morgan fingerprint density at radius 3 is 3.05 bits per heavy atom. The number of aromatic nitrogens is 2. The molecule has 112 valence electrons. The van der Waals surface area contributed by atoms with Gasteiger partial charge in [0.1, 0.15) is 4.47 Å². The van der Waals surface area contributed by atoms with E-state index in [1.807, 2.05) is 0 Å². The lowest BCUT2D eigenvalue weighted by atomic mass is 10.1. The minimum Gasteiger partial charge on any atom is -0.383 e. The summed E-state index contributed by atoms with van der Waals surface area (Å²) >= 11 is 3.39. The van der Waals surface area contributed by atoms with Crippen LogP contribution in [0, 0.1) is 11.8 Å². The number of hydrogen-bond acceptors (Lipinski definition) is 4. The molecule has 5 nitrogen and oxygen atoms in total. The average molecular weight is 343 g/mol. The second kappa shape index (κ2) is 7.22. The maximum absolute atomic E-state index is 12.1. The first-order chi connectivity index (χ1) is 9.58. The van der Waals surface area contributed by atoms with E-state index in [-0.39, 0.29) is 5.56 Å². The lowest BCUT2D eigenvalue weighted by Crippen LogP contribution is -2.26. The molecule has 1 aliphatic heterocycles. The highest BCUT2D eigenvalue weighted by molar-refractivity contribution is 9.10. The summed E-state index contributed by atoms with van der Waals surface area (Å²) in [5.41, 5.74) is 0.729. The number of anilines is 1. The zero-order valence-corrected chi connectivity index (χ0v) is 13.7. The van der Waals surface area contributed by atoms with Gasteiger partial charge in [-0.3, -0.25) is 4.79 Å². The van der Waals surface area contributed by atoms with Crippen LogP contribution in [0.4, 0.5) is 5.69 Å². The van der Waals surface area contributed by atoms with Gasteiger partial charge in [0, 0.05) is 13.1 Å². The lowest BCUT2D eigenvalue weighted by molar-refractivity contribution is 0.462. The van der Waals surface area contributed by atoms with Crippen molar-refractivity contribution >= 4 is 21.6 Å². The van der Waals surface area contributed by atoms with Gasteiger partial charge in [0.05, 0.1) is 11.9 Å². The van der Waals surface area contributed by atoms with E-state index in [1.165, 1.54) is 11.1 Å². The van der Waals surface area contributed by atoms with E-state index in [4.69, 9.17) is 0 Å². The standard InChI is InChI=1S/C14H23BrN4O/c1-10(2)9-19-14(20)13(15)12(8-18-19)17-6-4-11-3-5-16-7-11/h8,10-11,16-17H,3-7,9H2,1-2H3. The van der Waals surface area contributed by atoms with Crippen molar-refractivity contribution < 1.29 is 0 Å². The molecule has 20 heavy (non-hydrogen) atoms. The molecule has 1 aliphatic rings. The minimum absolute atomic E-state index is 0.0637. The molecule has 0 aromatic carbocycles. The van der Waals surface area contributed by atoms with Crippen LogP contribution in [0.15, 0.2) is 15.5 Å². The summed E-state index contributed by atoms with van der Waals surface area (Å²) in [7, 11) is 0. The predicted octanol–water partition coefficient (Wildman–Crippen LogP) is 2.07. The zero-order valence-electron chi connectivity index (χ0n) is 12.2. The van der Waals surface area contributed by atoms with E-state index < -0.39 is 0 Å². The molecule has 0 aliphatic carbocycles. The van der Waals surface area contributed by atoms with Gasteiger partial charge < -0.3 is 10.6 Å². The third-order valence-electron chi connectivity index (χ3n) is 3.55. The predicted molar refractivity (Wildman–Crippen MR) is 85.1 cm³/mol. The molecule has 1 atom stereocenters. The third kappa shape index (κ3) is 4.06. The monoisotopic (exact) mass is 342 g/mol. The fourth-order valence-electron chi connectivity index (χ4n) is 2.44. The Morgan fingerprint density at radius 2 is 2.40 bits per heavy atom. The summed E-state index contributed by atoms with van der Waals surface area (Å²) in [5.74, 6) is 1.15. The molecule has 0 radical (unpaired) electrons. The van der Waals surface area contributed by atoms with Gasteiger partial charge >= 0.3 is 0 Å². The van der Waals surface area contributed by atoms with Crippen LogP contribution in [0.25, 0.3) is 0 Å². The fourth-order valence-corrected chi connectivity index (χ4v) is 2.88. The molecule has 1 saturated heterocycles. The number of nitrogens with zero attached hydrogens (tertiary/aromatic N) is 2. The SMILES string of the molecule is CC(C)Cn1ncc(NCCC2CCNC2)c(Br)c1=O. The molecule has 2 heterocycles. The van der Waals surface area contributed by atoms with Crippen LogP contribution < -0.4 is 16.2 Å². The van der Waals surface area contributed by atoms with Crippen molar-refractivity contribution in [3.63, 3.8) is 0 Å². The van der Waals surface area contributed by atoms with Crippen molar-refractivity contribution in [2.75, 3.05) is 25.0 Å². The highest BCUT2D eigenvalue weighted by Crippen LogP contribution is 2.18. The maximum atomic E-state index is 12.1. The largest absolute Gasteiger partial charge is 0.383 e. The van der Waals surface area contributed by atoms with Gasteiger partial charge in [0.2, 0.25) is 0 Å². The molecule has 6 heteroatoms. The van der Waals surface area contributed by atoms with Crippen molar-refractivity contribution in [3.05, 3.63) is 21.0 Å². The smallest absolute Gasteiger partial charge is 0.283 e. The first kappa shape index (κ1) is 15.5. The number of nitrogens with one attached hydrogen (secondary N) is 2. The molecule has 2 N–H and O–H groups in total. The normalized spacial score (nSPS) is 18.7. The van der Waals surface area contributed by atoms with Gasteiger partial charge in [0.25, 0.3) is 5.56 Å². The highest BCUT2D eigenvalue weighted by atomic mass is 79.9. The Kier molecular flexibility index (Phi) is 5.60. The maximum Gasteiger partial charge on any atom is 0.283 e. The van der Waals surface area contributed by atoms with E-state index in [1.54, 1.807) is 6.20 Å². The highest BCUT2D eigenvalue weighted by Gasteiger charge is 2.14. The Balaban J connectivity index is 1.94. The zero-order chi connectivity index (χ0) is 14.5. The molecule has 1 aromatic rings. The van der Waals surface area contributed by atoms with Crippen LogP contribution in [0.5, 0.6) is 0 Å². The second-order valence-electron chi connectivity index (χ2n) is 5.83. The minimum atomic E-state index is -0.0637. The van der Waals surface area contributed by atoms with E-state index in [2.05, 4.69) is 45.5 Å². The quantitative estimate of drug-likeness (QED) is 0.830. The van der Waals surface area contributed by atoms with E-state index in [9.17, 15) is 4.79 Å². The summed E-state index contributed by atoms with van der Waals surface area (Å²) in [6, 6.07) is 0. The number of hydrogen-bond donors (Lipinski definition) is 2. The van der Waals surface area contributed by atoms with Crippen molar-refractivity contribution in [2.24, 2.45) is 11.8 Å². The Hall–Kier alpha value is -0.880. The molecule has 0 amide bonds. The van der Waals surface area contributed by atoms with Gasteiger partial charge in [-0.2, -0.15) is 5.10 Å². The summed E-state index contributed by atoms with van der Waals surface area (Å²) < 4.78 is 2.10. The summed E-state index contributed by atoms with van der Waals surface area (Å²) in [6.07, 6.45) is 4.10. The summed E-state index contributed by atoms with van der Waals surface area (Å²) in [6.45, 7) is 7.90. The number of rotatable bonds is 6. The molecular formula is C14H23BrN4O. The van der Waals surface area contributed by atoms with Gasteiger partial charge in [-0.25, -0.2) is 4.68 Å². The molecule has 0 bridgehead atoms. The Morgan fingerprint density at radius 1 is 1.60 bits per heavy atom. The van der Waals surface area contributed by atoms with Crippen molar-refractivity contribution in [1.29, 1.82) is 0 Å². The molecular weight excluding hydrogens is 320 g/mol. The molecule has 1 aromatic heterocycles. The first-order valence-electron chi connectivity index (χ1n) is 7.28. The summed E-state index contributed by atoms with van der Waals surface area (Å²) in [5, 5.41) is 10.9. The second-order valence-corrected chi connectivity index (χ2v) is 6.62. The van der Waals surface area contributed by atoms with Crippen LogP contribution in [0.3, 0.4) is 0 Å². The first-order valence-corrected chi connectivity index (χ1v) is 8.07. The van der Waals surface area contributed by atoms with E-state index >= 15 is 0 Å². The molecule has 1 fully saturated rings. The van der Waals surface area contributed by atoms with Gasteiger partial charge in [-0.1, -0.05) is 13.8 Å².